The summed E-state index contributed by atoms with van der Waals surface area (Å²) in [5.74, 6) is -7.67. The predicted octanol–water partition coefficient (Wildman–Crippen LogP) is 7.80. The van der Waals surface area contributed by atoms with Crippen molar-refractivity contribution in [2.75, 3.05) is 27.4 Å². The molecule has 1 saturated carbocycles. The maximum atomic E-state index is 16.3. The minimum absolute atomic E-state index is 0.0241. The van der Waals surface area contributed by atoms with Crippen molar-refractivity contribution in [3.63, 3.8) is 0 Å². The Morgan fingerprint density at radius 3 is 2.35 bits per heavy atom. The molecule has 2 N–H and O–H groups in total. The number of Topliss-reactive ketones (excluding diaryl/α,β-unsaturated/α-hetero) is 2. The van der Waals surface area contributed by atoms with Crippen molar-refractivity contribution in [3.05, 3.63) is 71.8 Å². The molecule has 1 amide bonds. The molecule has 3 heterocycles. The lowest BCUT2D eigenvalue weighted by Crippen LogP contribution is -2.64. The van der Waals surface area contributed by atoms with Crippen LogP contribution in [0.4, 0.5) is 4.39 Å². The summed E-state index contributed by atoms with van der Waals surface area (Å²) < 4.78 is 47.0. The third-order valence-electron chi connectivity index (χ3n) is 14.5. The number of halogens is 1. The number of hydrogen-bond donors (Lipinski definition) is 2. The Hall–Kier alpha value is -3.59. The average Bonchev–Trinajstić information content (AvgIpc) is 3.31. The van der Waals surface area contributed by atoms with Gasteiger partial charge in [0, 0.05) is 51.6 Å². The minimum atomic E-state index is -2.57. The Morgan fingerprint density at radius 1 is 0.969 bits per heavy atom. The van der Waals surface area contributed by atoms with E-state index in [-0.39, 0.29) is 62.0 Å². The minimum Gasteiger partial charge on any atom is -0.456 e. The molecule has 14 unspecified atom stereocenters. The summed E-state index contributed by atoms with van der Waals surface area (Å²) in [6, 6.07) is 9.29. The number of nitrogens with zero attached hydrogens (tertiary/aromatic N) is 1. The highest BCUT2D eigenvalue weighted by Gasteiger charge is 2.56. The van der Waals surface area contributed by atoms with E-state index < -0.39 is 77.8 Å². The molecule has 1 aromatic carbocycles. The normalized spacial score (nSPS) is 36.5. The standard InChI is InChI=1S/C52H77FN2O10/c1-10-25-63-43-30-38(21-22-40(43)54-31-37-17-13-12-14-18-37)26-35(6)47-32(3)20-23-42(56)39(11-2)27-33(4)46(53)34(5)28-44(61-8)48-45(62-9)29-36(7)52(60,65-48)49(57)50(58)55-24-16-15-19-41(55)51(59)64-47/h10,12-14,17-18,26-27,32,34,36,38-41,43-48,54,60H,1,11,15-16,19-25,28-31H2,2-9H3. The van der Waals surface area contributed by atoms with Crippen LogP contribution in [0.15, 0.2) is 66.3 Å². The summed E-state index contributed by atoms with van der Waals surface area (Å²) in [7, 11) is 2.93. The number of piperidine rings is 1. The molecule has 2 bridgehead atoms. The zero-order chi connectivity index (χ0) is 47.4. The Labute approximate surface area is 387 Å². The Kier molecular flexibility index (Phi) is 19.7. The molecule has 0 aromatic heterocycles. The van der Waals surface area contributed by atoms with Crippen LogP contribution >= 0.6 is 0 Å². The van der Waals surface area contributed by atoms with E-state index in [0.717, 1.165) is 31.4 Å². The molecule has 2 saturated heterocycles. The number of esters is 1. The summed E-state index contributed by atoms with van der Waals surface area (Å²) in [4.78, 5) is 58.4. The van der Waals surface area contributed by atoms with E-state index >= 15 is 4.39 Å². The third-order valence-corrected chi connectivity index (χ3v) is 14.5. The summed E-state index contributed by atoms with van der Waals surface area (Å²) >= 11 is 0. The van der Waals surface area contributed by atoms with Crippen LogP contribution in [0.5, 0.6) is 0 Å². The molecular formula is C52H77FN2O10. The topological polar surface area (TPSA) is 150 Å². The van der Waals surface area contributed by atoms with Crippen LogP contribution in [0.3, 0.4) is 0 Å². The second kappa shape index (κ2) is 24.4. The van der Waals surface area contributed by atoms with Gasteiger partial charge in [-0.2, -0.15) is 0 Å². The number of carbonyl (C=O) groups is 4. The molecule has 5 rings (SSSR count). The fourth-order valence-electron chi connectivity index (χ4n) is 10.5. The van der Waals surface area contributed by atoms with E-state index in [4.69, 9.17) is 23.7 Å². The number of ketones is 2. The van der Waals surface area contributed by atoms with Crippen molar-refractivity contribution in [2.45, 2.75) is 173 Å². The number of alkyl halides is 1. The number of ether oxygens (including phenoxy) is 5. The van der Waals surface area contributed by atoms with E-state index in [1.807, 2.05) is 39.0 Å². The van der Waals surface area contributed by atoms with Crippen molar-refractivity contribution in [1.82, 2.24) is 10.2 Å². The van der Waals surface area contributed by atoms with Gasteiger partial charge in [0.1, 0.15) is 30.2 Å². The Bertz CT molecular complexity index is 1820. The number of benzene rings is 1. The quantitative estimate of drug-likeness (QED) is 0.127. The van der Waals surface area contributed by atoms with Crippen LogP contribution in [0.25, 0.3) is 0 Å². The van der Waals surface area contributed by atoms with Crippen molar-refractivity contribution in [3.8, 4) is 0 Å². The van der Waals surface area contributed by atoms with Gasteiger partial charge in [0.2, 0.25) is 5.79 Å². The number of carbonyl (C=O) groups excluding carboxylic acids is 4. The number of aliphatic hydroxyl groups is 1. The molecule has 13 heteroatoms. The van der Waals surface area contributed by atoms with Crippen molar-refractivity contribution >= 4 is 23.4 Å². The number of hydrogen-bond acceptors (Lipinski definition) is 11. The lowest BCUT2D eigenvalue weighted by Gasteiger charge is -2.47. The number of methoxy groups -OCH3 is 2. The van der Waals surface area contributed by atoms with E-state index in [0.29, 0.717) is 37.9 Å². The zero-order valence-corrected chi connectivity index (χ0v) is 40.2. The number of fused-ring (bicyclic) bond motifs is 3. The molecule has 65 heavy (non-hydrogen) atoms. The van der Waals surface area contributed by atoms with Gasteiger partial charge in [-0.3, -0.25) is 14.4 Å². The number of cyclic esters (lactones) is 1. The van der Waals surface area contributed by atoms with Crippen molar-refractivity contribution in [1.29, 1.82) is 0 Å². The van der Waals surface area contributed by atoms with Crippen LogP contribution < -0.4 is 5.32 Å². The average molecular weight is 909 g/mol. The Morgan fingerprint density at radius 2 is 1.68 bits per heavy atom. The molecule has 1 aliphatic carbocycles. The maximum Gasteiger partial charge on any atom is 0.329 e. The van der Waals surface area contributed by atoms with Crippen molar-refractivity contribution < 1.29 is 52.4 Å². The highest BCUT2D eigenvalue weighted by atomic mass is 19.1. The zero-order valence-electron chi connectivity index (χ0n) is 40.2. The highest BCUT2D eigenvalue weighted by molar-refractivity contribution is 6.39. The first kappa shape index (κ1) is 52.4. The first-order chi connectivity index (χ1) is 31.1. The molecule has 362 valence electrons. The number of rotatable bonds is 11. The first-order valence-electron chi connectivity index (χ1n) is 24.1. The summed E-state index contributed by atoms with van der Waals surface area (Å²) in [5.41, 5.74) is 2.44. The molecule has 12 nitrogen and oxygen atoms in total. The van der Waals surface area contributed by atoms with Crippen LogP contribution in [0.2, 0.25) is 0 Å². The van der Waals surface area contributed by atoms with Crippen LogP contribution in [0, 0.1) is 29.6 Å². The number of nitrogens with one attached hydrogen (secondary N) is 1. The smallest absolute Gasteiger partial charge is 0.329 e. The monoisotopic (exact) mass is 909 g/mol. The second-order valence-electron chi connectivity index (χ2n) is 19.3. The van der Waals surface area contributed by atoms with Crippen LogP contribution in [-0.2, 0) is 49.4 Å². The number of allylic oxidation sites excluding steroid dienone is 3. The molecule has 0 spiro atoms. The molecule has 3 aliphatic heterocycles. The van der Waals surface area contributed by atoms with Gasteiger partial charge >= 0.3 is 5.97 Å². The fourth-order valence-corrected chi connectivity index (χ4v) is 10.5. The lowest BCUT2D eigenvalue weighted by molar-refractivity contribution is -0.302. The molecule has 3 fully saturated rings. The van der Waals surface area contributed by atoms with Gasteiger partial charge in [0.05, 0.1) is 24.9 Å². The summed E-state index contributed by atoms with van der Waals surface area (Å²) in [6.07, 6.45) is 6.13. The second-order valence-corrected chi connectivity index (χ2v) is 19.3. The van der Waals surface area contributed by atoms with Gasteiger partial charge < -0.3 is 39.0 Å². The highest BCUT2D eigenvalue weighted by Crippen LogP contribution is 2.39. The van der Waals surface area contributed by atoms with E-state index in [2.05, 4.69) is 30.1 Å². The van der Waals surface area contributed by atoms with E-state index in [1.165, 1.54) is 24.7 Å². The first-order valence-corrected chi connectivity index (χ1v) is 24.1. The largest absolute Gasteiger partial charge is 0.456 e. The molecule has 14 atom stereocenters. The molecule has 1 aromatic rings. The predicted molar refractivity (Wildman–Crippen MR) is 247 cm³/mol. The van der Waals surface area contributed by atoms with Gasteiger partial charge in [0.25, 0.3) is 11.7 Å². The van der Waals surface area contributed by atoms with Gasteiger partial charge in [-0.25, -0.2) is 9.18 Å². The Balaban J connectivity index is 1.47. The molecule has 0 radical (unpaired) electrons. The van der Waals surface area contributed by atoms with Crippen LogP contribution in [-0.4, -0.2) is 115 Å². The van der Waals surface area contributed by atoms with Gasteiger partial charge in [0.15, 0.2) is 0 Å². The summed E-state index contributed by atoms with van der Waals surface area (Å²) in [6.45, 7) is 16.0. The van der Waals surface area contributed by atoms with Crippen molar-refractivity contribution in [2.24, 2.45) is 29.6 Å². The SMILES string of the molecule is C=CCOC1CC(C=C(C)C2OC(=O)C3CCCCN3C(=O)C(=O)C3(O)OC(C(OC)CC(C)C(F)C(C)=CC(CC)C(=O)CCC2C)C(OC)CC3C)CCC1NCc1ccccc1. The third kappa shape index (κ3) is 13.1. The van der Waals surface area contributed by atoms with E-state index in [1.54, 1.807) is 32.9 Å². The van der Waals surface area contributed by atoms with Gasteiger partial charge in [-0.05, 0) is 113 Å². The fraction of sp³-hybridized carbons (Fsp3) is 0.692. The van der Waals surface area contributed by atoms with Crippen LogP contribution in [0.1, 0.15) is 118 Å². The molecular weight excluding hydrogens is 832 g/mol. The van der Waals surface area contributed by atoms with E-state index in [9.17, 15) is 24.3 Å². The maximum absolute atomic E-state index is 16.3. The molecule has 4 aliphatic rings. The summed E-state index contributed by atoms with van der Waals surface area (Å²) in [5, 5.41) is 15.8. The van der Waals surface area contributed by atoms with Gasteiger partial charge in [-0.15, -0.1) is 6.58 Å². The lowest BCUT2D eigenvalue weighted by atomic mass is 9.81. The van der Waals surface area contributed by atoms with Gasteiger partial charge in [-0.1, -0.05) is 76.3 Å². The number of amides is 1.